The van der Waals surface area contributed by atoms with E-state index in [-0.39, 0.29) is 0 Å². The summed E-state index contributed by atoms with van der Waals surface area (Å²) in [7, 11) is 1.65. The first-order valence-electron chi connectivity index (χ1n) is 6.35. The van der Waals surface area contributed by atoms with E-state index in [0.29, 0.717) is 19.8 Å². The predicted octanol–water partition coefficient (Wildman–Crippen LogP) is 1.22. The Hall–Kier alpha value is -1.10. The van der Waals surface area contributed by atoms with Crippen LogP contribution in [0.25, 0.3) is 0 Å². The number of aliphatic hydroxyl groups excluding tert-OH is 1. The smallest absolute Gasteiger partial charge is 0.119 e. The number of rotatable bonds is 9. The molecule has 0 saturated heterocycles. The highest BCUT2D eigenvalue weighted by Gasteiger charge is 2.04. The monoisotopic (exact) mass is 253 g/mol. The number of aliphatic hydroxyl groups is 1. The SMILES string of the molecule is CCc1ccc(OC[C@@H](O)CNCCOC)cc1. The number of hydrogen-bond acceptors (Lipinski definition) is 4. The highest BCUT2D eigenvalue weighted by Crippen LogP contribution is 2.12. The molecule has 2 N–H and O–H groups in total. The molecule has 0 aromatic heterocycles. The van der Waals surface area contributed by atoms with Crippen molar-refractivity contribution in [3.05, 3.63) is 29.8 Å². The van der Waals surface area contributed by atoms with E-state index in [1.54, 1.807) is 7.11 Å². The fourth-order valence-corrected chi connectivity index (χ4v) is 1.52. The summed E-state index contributed by atoms with van der Waals surface area (Å²) in [6.07, 6.45) is 0.513. The maximum Gasteiger partial charge on any atom is 0.119 e. The molecule has 0 spiro atoms. The quantitative estimate of drug-likeness (QED) is 0.650. The Balaban J connectivity index is 2.18. The Morgan fingerprint density at radius 3 is 2.61 bits per heavy atom. The van der Waals surface area contributed by atoms with Gasteiger partial charge in [0.1, 0.15) is 18.5 Å². The van der Waals surface area contributed by atoms with Gasteiger partial charge in [-0.15, -0.1) is 0 Å². The Morgan fingerprint density at radius 1 is 1.28 bits per heavy atom. The number of ether oxygens (including phenoxy) is 2. The zero-order chi connectivity index (χ0) is 13.2. The molecule has 0 amide bonds. The first kappa shape index (κ1) is 15.0. The molecule has 1 aromatic rings. The average molecular weight is 253 g/mol. The maximum atomic E-state index is 9.68. The molecular formula is C14H23NO3. The standard InChI is InChI=1S/C14H23NO3/c1-3-12-4-6-14(7-5-12)18-11-13(16)10-15-8-9-17-2/h4-7,13,15-16H,3,8-11H2,1-2H3/t13-/m0/s1. The summed E-state index contributed by atoms with van der Waals surface area (Å²) in [5, 5.41) is 12.8. The van der Waals surface area contributed by atoms with Crippen molar-refractivity contribution in [3.63, 3.8) is 0 Å². The van der Waals surface area contributed by atoms with E-state index in [9.17, 15) is 5.11 Å². The summed E-state index contributed by atoms with van der Waals surface area (Å²) in [6.45, 7) is 4.30. The number of aryl methyl sites for hydroxylation is 1. The van der Waals surface area contributed by atoms with E-state index in [2.05, 4.69) is 12.2 Å². The Bertz CT molecular complexity index is 313. The van der Waals surface area contributed by atoms with E-state index in [1.807, 2.05) is 24.3 Å². The molecule has 1 aromatic carbocycles. The summed E-state index contributed by atoms with van der Waals surface area (Å²) in [5.41, 5.74) is 1.28. The van der Waals surface area contributed by atoms with Crippen molar-refractivity contribution in [1.82, 2.24) is 5.32 Å². The topological polar surface area (TPSA) is 50.7 Å². The molecule has 0 aliphatic carbocycles. The van der Waals surface area contributed by atoms with Gasteiger partial charge in [0.25, 0.3) is 0 Å². The van der Waals surface area contributed by atoms with E-state index >= 15 is 0 Å². The molecule has 4 heteroatoms. The van der Waals surface area contributed by atoms with Crippen LogP contribution in [0.1, 0.15) is 12.5 Å². The molecule has 0 heterocycles. The van der Waals surface area contributed by atoms with Crippen LogP contribution < -0.4 is 10.1 Å². The van der Waals surface area contributed by atoms with Crippen LogP contribution in [-0.4, -0.2) is 44.6 Å². The minimum atomic E-state index is -0.507. The van der Waals surface area contributed by atoms with E-state index in [1.165, 1.54) is 5.56 Å². The van der Waals surface area contributed by atoms with Gasteiger partial charge in [0, 0.05) is 20.2 Å². The summed E-state index contributed by atoms with van der Waals surface area (Å²) < 4.78 is 10.4. The Morgan fingerprint density at radius 2 is 2.00 bits per heavy atom. The number of hydrogen-bond donors (Lipinski definition) is 2. The zero-order valence-electron chi connectivity index (χ0n) is 11.2. The van der Waals surface area contributed by atoms with Crippen molar-refractivity contribution in [2.24, 2.45) is 0 Å². The van der Waals surface area contributed by atoms with Crippen molar-refractivity contribution in [2.75, 3.05) is 33.4 Å². The molecule has 0 bridgehead atoms. The van der Waals surface area contributed by atoms with Crippen molar-refractivity contribution in [1.29, 1.82) is 0 Å². The van der Waals surface area contributed by atoms with Gasteiger partial charge < -0.3 is 19.9 Å². The fraction of sp³-hybridized carbons (Fsp3) is 0.571. The average Bonchev–Trinajstić information content (AvgIpc) is 2.42. The molecule has 0 aliphatic rings. The lowest BCUT2D eigenvalue weighted by Gasteiger charge is -2.13. The third kappa shape index (κ3) is 6.00. The lowest BCUT2D eigenvalue weighted by atomic mass is 10.2. The first-order valence-corrected chi connectivity index (χ1v) is 6.35. The second kappa shape index (κ2) is 8.91. The van der Waals surface area contributed by atoms with Gasteiger partial charge in [-0.2, -0.15) is 0 Å². The van der Waals surface area contributed by atoms with E-state index in [0.717, 1.165) is 18.7 Å². The van der Waals surface area contributed by atoms with Crippen LogP contribution in [0.5, 0.6) is 5.75 Å². The van der Waals surface area contributed by atoms with Crippen molar-refractivity contribution < 1.29 is 14.6 Å². The lowest BCUT2D eigenvalue weighted by molar-refractivity contribution is 0.103. The molecule has 18 heavy (non-hydrogen) atoms. The van der Waals surface area contributed by atoms with Crippen LogP contribution >= 0.6 is 0 Å². The minimum Gasteiger partial charge on any atom is -0.491 e. The lowest BCUT2D eigenvalue weighted by Crippen LogP contribution is -2.33. The van der Waals surface area contributed by atoms with Crippen molar-refractivity contribution in [3.8, 4) is 5.75 Å². The van der Waals surface area contributed by atoms with Crippen LogP contribution in [0, 0.1) is 0 Å². The molecule has 0 aliphatic heterocycles. The molecule has 1 atom stereocenters. The van der Waals surface area contributed by atoms with Gasteiger partial charge in [0.05, 0.1) is 6.61 Å². The van der Waals surface area contributed by atoms with Gasteiger partial charge in [0.2, 0.25) is 0 Å². The summed E-state index contributed by atoms with van der Waals surface area (Å²) >= 11 is 0. The second-order valence-corrected chi connectivity index (χ2v) is 4.16. The molecule has 1 rings (SSSR count). The number of methoxy groups -OCH3 is 1. The fourth-order valence-electron chi connectivity index (χ4n) is 1.52. The second-order valence-electron chi connectivity index (χ2n) is 4.16. The molecule has 0 unspecified atom stereocenters. The normalized spacial score (nSPS) is 12.4. The third-order valence-electron chi connectivity index (χ3n) is 2.64. The van der Waals surface area contributed by atoms with Gasteiger partial charge >= 0.3 is 0 Å². The van der Waals surface area contributed by atoms with Gasteiger partial charge in [-0.3, -0.25) is 0 Å². The molecule has 4 nitrogen and oxygen atoms in total. The van der Waals surface area contributed by atoms with Gasteiger partial charge in [-0.25, -0.2) is 0 Å². The van der Waals surface area contributed by atoms with E-state index < -0.39 is 6.10 Å². The van der Waals surface area contributed by atoms with Gasteiger partial charge in [-0.05, 0) is 24.1 Å². The van der Waals surface area contributed by atoms with Gasteiger partial charge in [-0.1, -0.05) is 19.1 Å². The third-order valence-corrected chi connectivity index (χ3v) is 2.64. The molecule has 102 valence electrons. The van der Waals surface area contributed by atoms with E-state index in [4.69, 9.17) is 9.47 Å². The highest BCUT2D eigenvalue weighted by molar-refractivity contribution is 5.27. The zero-order valence-corrected chi connectivity index (χ0v) is 11.2. The molecular weight excluding hydrogens is 230 g/mol. The number of benzene rings is 1. The predicted molar refractivity (Wildman–Crippen MR) is 72.1 cm³/mol. The molecule has 0 radical (unpaired) electrons. The summed E-state index contributed by atoms with van der Waals surface area (Å²) in [6, 6.07) is 7.95. The van der Waals surface area contributed by atoms with Crippen LogP contribution in [0.3, 0.4) is 0 Å². The molecule has 0 fully saturated rings. The van der Waals surface area contributed by atoms with Crippen molar-refractivity contribution in [2.45, 2.75) is 19.4 Å². The summed E-state index contributed by atoms with van der Waals surface area (Å²) in [4.78, 5) is 0. The van der Waals surface area contributed by atoms with Crippen LogP contribution in [0.4, 0.5) is 0 Å². The van der Waals surface area contributed by atoms with Crippen molar-refractivity contribution >= 4 is 0 Å². The molecule has 0 saturated carbocycles. The minimum absolute atomic E-state index is 0.297. The Kier molecular flexibility index (Phi) is 7.41. The Labute approximate surface area is 109 Å². The highest BCUT2D eigenvalue weighted by atomic mass is 16.5. The van der Waals surface area contributed by atoms with Crippen LogP contribution in [0.2, 0.25) is 0 Å². The first-order chi connectivity index (χ1) is 8.76. The van der Waals surface area contributed by atoms with Crippen LogP contribution in [0.15, 0.2) is 24.3 Å². The number of nitrogens with one attached hydrogen (secondary N) is 1. The largest absolute Gasteiger partial charge is 0.491 e. The maximum absolute atomic E-state index is 9.68. The summed E-state index contributed by atoms with van der Waals surface area (Å²) in [5.74, 6) is 0.795. The van der Waals surface area contributed by atoms with Crippen LogP contribution in [-0.2, 0) is 11.2 Å². The van der Waals surface area contributed by atoms with Gasteiger partial charge in [0.15, 0.2) is 0 Å².